The van der Waals surface area contributed by atoms with Gasteiger partial charge in [0.15, 0.2) is 0 Å². The number of nitrogens with two attached hydrogens (primary N) is 1. The molecular formula is C14H19F2NO. The number of benzene rings is 1. The molecule has 0 aliphatic heterocycles. The molecular weight excluding hydrogens is 236 g/mol. The molecule has 1 atom stereocenters. The molecule has 0 amide bonds. The third-order valence-corrected chi connectivity index (χ3v) is 3.54. The molecule has 1 aliphatic rings. The standard InChI is InChI=1S/C14H19F2NO/c1-2-18-11-5-9(6-11)7-14(17)12-4-3-10(15)8-13(12)16/h3-4,8-9,11,14H,2,5-7,17H2,1H3. The number of hydrogen-bond acceptors (Lipinski definition) is 2. The lowest BCUT2D eigenvalue weighted by Crippen LogP contribution is -2.33. The van der Waals surface area contributed by atoms with Crippen molar-refractivity contribution in [2.45, 2.75) is 38.3 Å². The normalized spacial score (nSPS) is 24.7. The van der Waals surface area contributed by atoms with Gasteiger partial charge in [-0.3, -0.25) is 0 Å². The third-order valence-electron chi connectivity index (χ3n) is 3.54. The molecule has 4 heteroatoms. The van der Waals surface area contributed by atoms with E-state index in [0.717, 1.165) is 31.9 Å². The van der Waals surface area contributed by atoms with Crippen molar-refractivity contribution in [3.8, 4) is 0 Å². The summed E-state index contributed by atoms with van der Waals surface area (Å²) in [6, 6.07) is 3.22. The minimum atomic E-state index is -0.566. The second-order valence-electron chi connectivity index (χ2n) is 4.92. The maximum Gasteiger partial charge on any atom is 0.130 e. The minimum Gasteiger partial charge on any atom is -0.378 e. The SMILES string of the molecule is CCOC1CC(CC(N)c2ccc(F)cc2F)C1. The van der Waals surface area contributed by atoms with Crippen molar-refractivity contribution in [1.82, 2.24) is 0 Å². The van der Waals surface area contributed by atoms with E-state index in [4.69, 9.17) is 10.5 Å². The molecule has 0 heterocycles. The van der Waals surface area contributed by atoms with E-state index in [2.05, 4.69) is 0 Å². The molecule has 18 heavy (non-hydrogen) atoms. The Morgan fingerprint density at radius 2 is 2.11 bits per heavy atom. The van der Waals surface area contributed by atoms with Crippen LogP contribution < -0.4 is 5.73 Å². The van der Waals surface area contributed by atoms with E-state index in [1.807, 2.05) is 6.92 Å². The zero-order valence-electron chi connectivity index (χ0n) is 10.5. The molecule has 2 rings (SSSR count). The number of hydrogen-bond donors (Lipinski definition) is 1. The average Bonchev–Trinajstić information content (AvgIpc) is 2.26. The molecule has 0 aromatic heterocycles. The van der Waals surface area contributed by atoms with Gasteiger partial charge in [0.2, 0.25) is 0 Å². The molecule has 2 nitrogen and oxygen atoms in total. The molecule has 100 valence electrons. The number of halogens is 2. The zero-order valence-corrected chi connectivity index (χ0v) is 10.5. The van der Waals surface area contributed by atoms with Gasteiger partial charge >= 0.3 is 0 Å². The van der Waals surface area contributed by atoms with Crippen molar-refractivity contribution in [2.24, 2.45) is 11.7 Å². The maximum absolute atomic E-state index is 13.5. The molecule has 1 fully saturated rings. The molecule has 1 aliphatic carbocycles. The molecule has 0 bridgehead atoms. The topological polar surface area (TPSA) is 35.2 Å². The summed E-state index contributed by atoms with van der Waals surface area (Å²) in [6.45, 7) is 2.71. The molecule has 1 aromatic rings. The van der Waals surface area contributed by atoms with Gasteiger partial charge in [-0.1, -0.05) is 6.07 Å². The monoisotopic (exact) mass is 255 g/mol. The first-order chi connectivity index (χ1) is 8.60. The Labute approximate surface area is 106 Å². The summed E-state index contributed by atoms with van der Waals surface area (Å²) in [5.74, 6) is -0.632. The van der Waals surface area contributed by atoms with E-state index in [1.54, 1.807) is 0 Å². The van der Waals surface area contributed by atoms with Crippen LogP contribution in [0.15, 0.2) is 18.2 Å². The lowest BCUT2D eigenvalue weighted by Gasteiger charge is -2.36. The minimum absolute atomic E-state index is 0.338. The number of rotatable bonds is 5. The van der Waals surface area contributed by atoms with Crippen molar-refractivity contribution >= 4 is 0 Å². The second kappa shape index (κ2) is 5.76. The molecule has 2 N–H and O–H groups in total. The van der Waals surface area contributed by atoms with Gasteiger partial charge in [0.25, 0.3) is 0 Å². The highest BCUT2D eigenvalue weighted by Gasteiger charge is 2.31. The highest BCUT2D eigenvalue weighted by molar-refractivity contribution is 5.22. The van der Waals surface area contributed by atoms with Crippen LogP contribution in [0.3, 0.4) is 0 Å². The first kappa shape index (κ1) is 13.4. The fraction of sp³-hybridized carbons (Fsp3) is 0.571. The van der Waals surface area contributed by atoms with Gasteiger partial charge in [-0.2, -0.15) is 0 Å². The van der Waals surface area contributed by atoms with Gasteiger partial charge in [-0.05, 0) is 38.2 Å². The van der Waals surface area contributed by atoms with Gasteiger partial charge in [-0.25, -0.2) is 8.78 Å². The van der Waals surface area contributed by atoms with Crippen molar-refractivity contribution in [3.63, 3.8) is 0 Å². The van der Waals surface area contributed by atoms with Crippen LogP contribution in [0.5, 0.6) is 0 Å². The lowest BCUT2D eigenvalue weighted by atomic mass is 9.77. The highest BCUT2D eigenvalue weighted by atomic mass is 19.1. The van der Waals surface area contributed by atoms with Gasteiger partial charge in [0, 0.05) is 24.3 Å². The van der Waals surface area contributed by atoms with E-state index in [0.29, 0.717) is 17.6 Å². The summed E-state index contributed by atoms with van der Waals surface area (Å²) in [7, 11) is 0. The Morgan fingerprint density at radius 1 is 1.39 bits per heavy atom. The molecule has 1 saturated carbocycles. The maximum atomic E-state index is 13.5. The average molecular weight is 255 g/mol. The van der Waals surface area contributed by atoms with Gasteiger partial charge in [-0.15, -0.1) is 0 Å². The zero-order chi connectivity index (χ0) is 13.1. The predicted octanol–water partition coefficient (Wildman–Crippen LogP) is 3.17. The summed E-state index contributed by atoms with van der Waals surface area (Å²) in [4.78, 5) is 0. The Kier molecular flexibility index (Phi) is 4.30. The molecule has 1 unspecified atom stereocenters. The highest BCUT2D eigenvalue weighted by Crippen LogP contribution is 2.36. The van der Waals surface area contributed by atoms with Gasteiger partial charge in [0.1, 0.15) is 11.6 Å². The van der Waals surface area contributed by atoms with E-state index >= 15 is 0 Å². The molecule has 0 saturated heterocycles. The van der Waals surface area contributed by atoms with Crippen LogP contribution >= 0.6 is 0 Å². The second-order valence-corrected chi connectivity index (χ2v) is 4.92. The number of ether oxygens (including phenoxy) is 1. The Hall–Kier alpha value is -1.00. The van der Waals surface area contributed by atoms with Crippen molar-refractivity contribution < 1.29 is 13.5 Å². The molecule has 0 radical (unpaired) electrons. The quantitative estimate of drug-likeness (QED) is 0.877. The molecule has 1 aromatic carbocycles. The third kappa shape index (κ3) is 3.06. The summed E-state index contributed by atoms with van der Waals surface area (Å²) >= 11 is 0. The molecule has 0 spiro atoms. The van der Waals surface area contributed by atoms with Crippen molar-refractivity contribution in [2.75, 3.05) is 6.61 Å². The Morgan fingerprint density at radius 3 is 2.72 bits per heavy atom. The van der Waals surface area contributed by atoms with Crippen molar-refractivity contribution in [1.29, 1.82) is 0 Å². The van der Waals surface area contributed by atoms with Crippen LogP contribution in [0.2, 0.25) is 0 Å². The van der Waals surface area contributed by atoms with Crippen LogP contribution in [-0.4, -0.2) is 12.7 Å². The smallest absolute Gasteiger partial charge is 0.130 e. The fourth-order valence-electron chi connectivity index (χ4n) is 2.53. The van der Waals surface area contributed by atoms with Gasteiger partial charge < -0.3 is 10.5 Å². The predicted molar refractivity (Wildman–Crippen MR) is 66.0 cm³/mol. The first-order valence-corrected chi connectivity index (χ1v) is 6.42. The summed E-state index contributed by atoms with van der Waals surface area (Å²) in [5.41, 5.74) is 6.37. The summed E-state index contributed by atoms with van der Waals surface area (Å²) < 4.78 is 31.8. The Bertz CT molecular complexity index is 405. The fourth-order valence-corrected chi connectivity index (χ4v) is 2.53. The van der Waals surface area contributed by atoms with Crippen LogP contribution in [-0.2, 0) is 4.74 Å². The van der Waals surface area contributed by atoms with Gasteiger partial charge in [0.05, 0.1) is 6.10 Å². The van der Waals surface area contributed by atoms with Crippen molar-refractivity contribution in [3.05, 3.63) is 35.4 Å². The van der Waals surface area contributed by atoms with E-state index < -0.39 is 11.6 Å². The van der Waals surface area contributed by atoms with E-state index in [9.17, 15) is 8.78 Å². The van der Waals surface area contributed by atoms with E-state index in [1.165, 1.54) is 12.1 Å². The Balaban J connectivity index is 1.87. The van der Waals surface area contributed by atoms with Crippen LogP contribution in [0.25, 0.3) is 0 Å². The summed E-state index contributed by atoms with van der Waals surface area (Å²) in [6.07, 6.45) is 3.05. The first-order valence-electron chi connectivity index (χ1n) is 6.42. The largest absolute Gasteiger partial charge is 0.378 e. The van der Waals surface area contributed by atoms with Crippen LogP contribution in [0.4, 0.5) is 8.78 Å². The van der Waals surface area contributed by atoms with Crippen LogP contribution in [0.1, 0.15) is 37.8 Å². The summed E-state index contributed by atoms with van der Waals surface area (Å²) in [5, 5.41) is 0. The lowest BCUT2D eigenvalue weighted by molar-refractivity contribution is -0.0282. The van der Waals surface area contributed by atoms with Crippen LogP contribution in [0, 0.1) is 17.6 Å². The van der Waals surface area contributed by atoms with E-state index in [-0.39, 0.29) is 6.04 Å².